The molecule has 0 aliphatic carbocycles. The maximum Gasteiger partial charge on any atom is 0.124 e. The summed E-state index contributed by atoms with van der Waals surface area (Å²) in [6, 6.07) is 10.4. The second-order valence-electron chi connectivity index (χ2n) is 6.25. The molecule has 1 aromatic carbocycles. The molecule has 0 unspecified atom stereocenters. The number of benzene rings is 1. The molecule has 0 atom stereocenters. The minimum absolute atomic E-state index is 0.0238. The van der Waals surface area contributed by atoms with E-state index >= 15 is 0 Å². The van der Waals surface area contributed by atoms with E-state index in [1.807, 2.05) is 18.2 Å². The van der Waals surface area contributed by atoms with E-state index in [4.69, 9.17) is 11.0 Å². The number of fused-ring (bicyclic) bond motifs is 3. The lowest BCUT2D eigenvalue weighted by Crippen LogP contribution is -1.98. The highest BCUT2D eigenvalue weighted by Gasteiger charge is 2.13. The summed E-state index contributed by atoms with van der Waals surface area (Å²) in [4.78, 5) is 9.33. The minimum atomic E-state index is -2.50. The predicted molar refractivity (Wildman–Crippen MR) is 108 cm³/mol. The Morgan fingerprint density at radius 3 is 2.88 bits per heavy atom. The zero-order chi connectivity index (χ0) is 24.3. The highest BCUT2D eigenvalue weighted by atomic mass is 32.1. The zero-order valence-electron chi connectivity index (χ0n) is 21.9. The third-order valence-electron chi connectivity index (χ3n) is 3.99. The minimum Gasteiger partial charge on any atom is -0.256 e. The summed E-state index contributed by atoms with van der Waals surface area (Å²) < 4.78 is 64.4. The molecule has 25 heavy (non-hydrogen) atoms. The topological polar surface area (TPSA) is 25.8 Å². The molecule has 126 valence electrons. The number of rotatable bonds is 3. The Bertz CT molecular complexity index is 1350. The van der Waals surface area contributed by atoms with Crippen LogP contribution >= 0.6 is 11.3 Å². The summed E-state index contributed by atoms with van der Waals surface area (Å²) in [6.07, 6.45) is -0.624. The molecule has 0 spiro atoms. The van der Waals surface area contributed by atoms with Crippen molar-refractivity contribution in [1.29, 1.82) is 0 Å². The van der Waals surface area contributed by atoms with Gasteiger partial charge in [0.25, 0.3) is 0 Å². The molecule has 0 saturated heterocycles. The van der Waals surface area contributed by atoms with Gasteiger partial charge in [0.15, 0.2) is 0 Å². The summed E-state index contributed by atoms with van der Waals surface area (Å²) in [5.74, 6) is -0.448. The third kappa shape index (κ3) is 2.93. The van der Waals surface area contributed by atoms with Crippen LogP contribution in [0.15, 0.2) is 42.6 Å². The van der Waals surface area contributed by atoms with Gasteiger partial charge in [0.1, 0.15) is 4.83 Å². The fraction of sp³-hybridized carbons (Fsp3) is 0.273. The van der Waals surface area contributed by atoms with Crippen molar-refractivity contribution >= 4 is 31.6 Å². The van der Waals surface area contributed by atoms with Gasteiger partial charge in [-0.1, -0.05) is 32.0 Å². The van der Waals surface area contributed by atoms with E-state index in [-0.39, 0.29) is 16.8 Å². The van der Waals surface area contributed by atoms with E-state index in [1.54, 1.807) is 19.9 Å². The van der Waals surface area contributed by atoms with Crippen molar-refractivity contribution in [2.75, 3.05) is 0 Å². The van der Waals surface area contributed by atoms with Crippen LogP contribution in [0.2, 0.25) is 0 Å². The molecule has 0 aliphatic rings. The van der Waals surface area contributed by atoms with E-state index in [2.05, 4.69) is 9.97 Å². The monoisotopic (exact) mass is 354 g/mol. The van der Waals surface area contributed by atoms with Crippen LogP contribution in [-0.4, -0.2) is 9.97 Å². The molecule has 0 aliphatic heterocycles. The highest BCUT2D eigenvalue weighted by Crippen LogP contribution is 2.38. The molecule has 0 N–H and O–H groups in total. The number of thiophene rings is 1. The highest BCUT2D eigenvalue weighted by molar-refractivity contribution is 7.26. The Morgan fingerprint density at radius 1 is 1.16 bits per heavy atom. The largest absolute Gasteiger partial charge is 0.256 e. The number of pyridine rings is 2. The quantitative estimate of drug-likeness (QED) is 0.430. The summed E-state index contributed by atoms with van der Waals surface area (Å²) in [7, 11) is 0. The predicted octanol–water partition coefficient (Wildman–Crippen LogP) is 6.33. The second kappa shape index (κ2) is 6.23. The van der Waals surface area contributed by atoms with Crippen molar-refractivity contribution in [2.45, 2.75) is 33.9 Å². The molecule has 2 nitrogen and oxygen atoms in total. The molecular formula is C22H22N2S. The molecule has 3 heterocycles. The van der Waals surface area contributed by atoms with Gasteiger partial charge in [-0.15, -0.1) is 11.3 Å². The first-order valence-corrected chi connectivity index (χ1v) is 8.87. The van der Waals surface area contributed by atoms with Gasteiger partial charge in [0.2, 0.25) is 0 Å². The molecule has 4 aromatic rings. The lowest BCUT2D eigenvalue weighted by Gasteiger charge is -2.11. The fourth-order valence-electron chi connectivity index (χ4n) is 2.91. The number of hydrogen-bond acceptors (Lipinski definition) is 3. The first kappa shape index (κ1) is 9.44. The molecule has 3 heteroatoms. The van der Waals surface area contributed by atoms with Gasteiger partial charge in [0.05, 0.1) is 5.69 Å². The van der Waals surface area contributed by atoms with Crippen LogP contribution in [-0.2, 0) is 6.37 Å². The smallest absolute Gasteiger partial charge is 0.124 e. The average molecular weight is 355 g/mol. The maximum atomic E-state index is 8.56. The molecule has 0 amide bonds. The summed E-state index contributed by atoms with van der Waals surface area (Å²) in [6.45, 7) is -1.38. The van der Waals surface area contributed by atoms with E-state index < -0.39 is 26.0 Å². The molecule has 0 fully saturated rings. The lowest BCUT2D eigenvalue weighted by molar-refractivity contribution is 0.644. The van der Waals surface area contributed by atoms with Crippen molar-refractivity contribution < 1.29 is 11.0 Å². The zero-order valence-corrected chi connectivity index (χ0v) is 14.7. The van der Waals surface area contributed by atoms with Crippen LogP contribution in [0.3, 0.4) is 0 Å². The summed E-state index contributed by atoms with van der Waals surface area (Å²) in [5.41, 5.74) is 1.19. The first-order chi connectivity index (χ1) is 15.2. The van der Waals surface area contributed by atoms with Gasteiger partial charge >= 0.3 is 0 Å². The van der Waals surface area contributed by atoms with Crippen molar-refractivity contribution in [3.8, 4) is 11.3 Å². The molecule has 0 bridgehead atoms. The van der Waals surface area contributed by atoms with E-state index in [0.29, 0.717) is 16.1 Å². The number of aryl methyl sites for hydroxylation is 2. The van der Waals surface area contributed by atoms with E-state index in [9.17, 15) is 0 Å². The van der Waals surface area contributed by atoms with Crippen molar-refractivity contribution in [2.24, 2.45) is 5.92 Å². The standard InChI is InChI=1S/C22H22N2S/c1-13(2)10-16-11-20(23-12-14(16)3)19-7-5-6-17-18-9-8-15(4)24-22(18)25-21(17)19/h5-9,11-13H,10H2,1-4H3/i3D3,4D3,10D2. The van der Waals surface area contributed by atoms with Gasteiger partial charge < -0.3 is 0 Å². The molecule has 3 aromatic heterocycles. The maximum absolute atomic E-state index is 8.56. The van der Waals surface area contributed by atoms with Crippen LogP contribution in [0.25, 0.3) is 31.6 Å². The lowest BCUT2D eigenvalue weighted by atomic mass is 9.97. The Labute approximate surface area is 163 Å². The molecule has 0 saturated carbocycles. The van der Waals surface area contributed by atoms with Crippen LogP contribution in [0.5, 0.6) is 0 Å². The van der Waals surface area contributed by atoms with Crippen LogP contribution < -0.4 is 0 Å². The second-order valence-corrected chi connectivity index (χ2v) is 7.25. The fourth-order valence-corrected chi connectivity index (χ4v) is 4.11. The molecule has 4 rings (SSSR count). The van der Waals surface area contributed by atoms with Gasteiger partial charge in [-0.3, -0.25) is 4.98 Å². The Kier molecular flexibility index (Phi) is 2.35. The van der Waals surface area contributed by atoms with Crippen LogP contribution in [0.4, 0.5) is 0 Å². The Morgan fingerprint density at radius 2 is 2.08 bits per heavy atom. The Balaban J connectivity index is 1.97. The SMILES string of the molecule is [2H]C([2H])([2H])c1ccc2c(n1)sc1c(-c3cc(C([2H])([2H])C(C)C)c(C([2H])([2H])[2H])cn3)cccc12. The van der Waals surface area contributed by atoms with Crippen molar-refractivity contribution in [1.82, 2.24) is 9.97 Å². The normalized spacial score (nSPS) is 18.0. The number of nitrogens with zero attached hydrogens (tertiary/aromatic N) is 2. The number of hydrogen-bond donors (Lipinski definition) is 0. The third-order valence-corrected chi connectivity index (χ3v) is 5.14. The molecular weight excluding hydrogens is 324 g/mol. The van der Waals surface area contributed by atoms with Crippen LogP contribution in [0, 0.1) is 19.6 Å². The average Bonchev–Trinajstić information content (AvgIpc) is 3.10. The van der Waals surface area contributed by atoms with Gasteiger partial charge in [-0.25, -0.2) is 4.98 Å². The summed E-state index contributed by atoms with van der Waals surface area (Å²) >= 11 is 1.34. The van der Waals surface area contributed by atoms with Gasteiger partial charge in [-0.2, -0.15) is 0 Å². The van der Waals surface area contributed by atoms with Gasteiger partial charge in [-0.05, 0) is 55.3 Å². The number of aromatic nitrogens is 2. The Hall–Kier alpha value is -2.26. The first-order valence-electron chi connectivity index (χ1n) is 12.1. The van der Waals surface area contributed by atoms with Crippen LogP contribution in [0.1, 0.15) is 41.6 Å². The van der Waals surface area contributed by atoms with Crippen molar-refractivity contribution in [3.63, 3.8) is 0 Å². The van der Waals surface area contributed by atoms with Gasteiger partial charge in [0, 0.05) is 43.9 Å². The molecule has 0 radical (unpaired) electrons. The van der Waals surface area contributed by atoms with Crippen molar-refractivity contribution in [3.05, 3.63) is 59.4 Å². The van der Waals surface area contributed by atoms with E-state index in [0.717, 1.165) is 15.5 Å². The summed E-state index contributed by atoms with van der Waals surface area (Å²) in [5, 5.41) is 1.70. The van der Waals surface area contributed by atoms with E-state index in [1.165, 1.54) is 29.7 Å².